The number of fused-ring (bicyclic) bond motifs is 5. The quantitative estimate of drug-likeness (QED) is 0.721. The van der Waals surface area contributed by atoms with Crippen molar-refractivity contribution in [1.82, 2.24) is 0 Å². The molecule has 0 atom stereocenters. The Labute approximate surface area is 112 Å². The van der Waals surface area contributed by atoms with Gasteiger partial charge in [0.2, 0.25) is 0 Å². The first kappa shape index (κ1) is 10.6. The zero-order chi connectivity index (χ0) is 13.1. The summed E-state index contributed by atoms with van der Waals surface area (Å²) < 4.78 is 0. The van der Waals surface area contributed by atoms with Crippen LogP contribution in [-0.2, 0) is 0 Å². The second kappa shape index (κ2) is 3.39. The summed E-state index contributed by atoms with van der Waals surface area (Å²) in [5.41, 5.74) is 9.88. The van der Waals surface area contributed by atoms with E-state index in [0.717, 1.165) is 5.56 Å². The van der Waals surface area contributed by atoms with Gasteiger partial charge < -0.3 is 5.11 Å². The molecule has 1 heteroatoms. The summed E-state index contributed by atoms with van der Waals surface area (Å²) in [7, 11) is 0. The Bertz CT molecular complexity index is 791. The summed E-state index contributed by atoms with van der Waals surface area (Å²) in [6.07, 6.45) is 0. The summed E-state index contributed by atoms with van der Waals surface area (Å²) in [6, 6.07) is 14.3. The highest BCUT2D eigenvalue weighted by Crippen LogP contribution is 2.56. The number of aromatic hydroxyl groups is 1. The van der Waals surface area contributed by atoms with Crippen molar-refractivity contribution in [3.05, 3.63) is 64.7 Å². The molecule has 92 valence electrons. The van der Waals surface area contributed by atoms with Gasteiger partial charge in [-0.25, -0.2) is 0 Å². The summed E-state index contributed by atoms with van der Waals surface area (Å²) >= 11 is 0. The molecule has 2 aromatic carbocycles. The van der Waals surface area contributed by atoms with E-state index in [9.17, 15) is 5.11 Å². The zero-order valence-electron chi connectivity index (χ0n) is 11.0. The zero-order valence-corrected chi connectivity index (χ0v) is 11.0. The van der Waals surface area contributed by atoms with Crippen LogP contribution in [-0.4, -0.2) is 5.11 Å². The van der Waals surface area contributed by atoms with Gasteiger partial charge in [-0.3, -0.25) is 0 Å². The van der Waals surface area contributed by atoms with Crippen LogP contribution in [0, 0.1) is 0 Å². The van der Waals surface area contributed by atoms with Crippen molar-refractivity contribution in [3.8, 4) is 5.75 Å². The number of hydrogen-bond donors (Lipinski definition) is 1. The van der Waals surface area contributed by atoms with Crippen LogP contribution < -0.4 is 0 Å². The monoisotopic (exact) mass is 246 g/mol. The van der Waals surface area contributed by atoms with Crippen LogP contribution in [0.1, 0.15) is 36.1 Å². The highest BCUT2D eigenvalue weighted by molar-refractivity contribution is 6.31. The van der Waals surface area contributed by atoms with Crippen LogP contribution in [0.25, 0.3) is 22.3 Å². The van der Waals surface area contributed by atoms with Gasteiger partial charge in [0.1, 0.15) is 5.75 Å². The third-order valence-corrected chi connectivity index (χ3v) is 4.29. The van der Waals surface area contributed by atoms with Gasteiger partial charge in [-0.2, -0.15) is 0 Å². The van der Waals surface area contributed by atoms with E-state index in [4.69, 9.17) is 0 Å². The minimum Gasteiger partial charge on any atom is -0.507 e. The minimum absolute atomic E-state index is 0.384. The van der Waals surface area contributed by atoms with E-state index in [1.165, 1.54) is 39.0 Å². The number of hydrogen-bond acceptors (Lipinski definition) is 1. The Hall–Kier alpha value is -2.28. The van der Waals surface area contributed by atoms with Crippen LogP contribution in [0.4, 0.5) is 0 Å². The minimum atomic E-state index is 0.384. The number of phenols is 1. The number of rotatable bonds is 0. The second-order valence-corrected chi connectivity index (χ2v) is 5.25. The van der Waals surface area contributed by atoms with Gasteiger partial charge in [0, 0.05) is 5.56 Å². The molecule has 0 saturated carbocycles. The summed E-state index contributed by atoms with van der Waals surface area (Å²) in [5, 5.41) is 10.1. The molecule has 0 fully saturated rings. The van der Waals surface area contributed by atoms with Crippen molar-refractivity contribution in [3.63, 3.8) is 0 Å². The summed E-state index contributed by atoms with van der Waals surface area (Å²) in [5.74, 6) is 0.384. The van der Waals surface area contributed by atoms with Crippen LogP contribution in [0.3, 0.4) is 0 Å². The van der Waals surface area contributed by atoms with E-state index in [2.05, 4.69) is 44.2 Å². The normalized spacial score (nSPS) is 15.7. The van der Waals surface area contributed by atoms with Crippen LogP contribution in [0.5, 0.6) is 5.75 Å². The van der Waals surface area contributed by atoms with Gasteiger partial charge in [-0.15, -0.1) is 0 Å². The molecular weight excluding hydrogens is 232 g/mol. The first-order chi connectivity index (χ1) is 9.20. The highest BCUT2D eigenvalue weighted by Gasteiger charge is 2.34. The lowest BCUT2D eigenvalue weighted by Crippen LogP contribution is -1.86. The number of benzene rings is 2. The van der Waals surface area contributed by atoms with Crippen LogP contribution >= 0.6 is 0 Å². The molecule has 0 spiro atoms. The van der Waals surface area contributed by atoms with Gasteiger partial charge in [0.05, 0.1) is 0 Å². The van der Waals surface area contributed by atoms with Crippen molar-refractivity contribution in [1.29, 1.82) is 0 Å². The fraction of sp³-hybridized carbons (Fsp3) is 0.111. The summed E-state index contributed by atoms with van der Waals surface area (Å²) in [4.78, 5) is 0. The van der Waals surface area contributed by atoms with E-state index >= 15 is 0 Å². The maximum absolute atomic E-state index is 10.1. The maximum atomic E-state index is 10.1. The molecule has 2 aromatic rings. The predicted molar refractivity (Wildman–Crippen MR) is 79.5 cm³/mol. The molecule has 0 radical (unpaired) electrons. The van der Waals surface area contributed by atoms with Gasteiger partial charge >= 0.3 is 0 Å². The van der Waals surface area contributed by atoms with Gasteiger partial charge in [0.15, 0.2) is 0 Å². The standard InChI is InChI=1S/C18H14O/c1-10-12-6-3-4-7-13(12)18-11(2)16-14(17(10)18)8-5-9-15(16)19/h3-9,19H,1-2H3. The Balaban J connectivity index is 2.15. The maximum Gasteiger partial charge on any atom is 0.123 e. The largest absolute Gasteiger partial charge is 0.507 e. The molecule has 4 rings (SSSR count). The lowest BCUT2D eigenvalue weighted by atomic mass is 9.99. The van der Waals surface area contributed by atoms with Crippen LogP contribution in [0.2, 0.25) is 0 Å². The molecule has 0 bridgehead atoms. The number of phenolic OH excluding ortho intramolecular Hbond substituents is 1. The molecule has 2 aliphatic carbocycles. The second-order valence-electron chi connectivity index (χ2n) is 5.25. The first-order valence-corrected chi connectivity index (χ1v) is 6.54. The lowest BCUT2D eigenvalue weighted by molar-refractivity contribution is 0.473. The van der Waals surface area contributed by atoms with Crippen molar-refractivity contribution < 1.29 is 5.11 Å². The molecule has 0 amide bonds. The highest BCUT2D eigenvalue weighted by atomic mass is 16.3. The molecule has 0 aromatic heterocycles. The molecule has 19 heavy (non-hydrogen) atoms. The van der Waals surface area contributed by atoms with E-state index in [0.29, 0.717) is 5.75 Å². The first-order valence-electron chi connectivity index (χ1n) is 6.54. The Morgan fingerprint density at radius 3 is 2.11 bits per heavy atom. The summed E-state index contributed by atoms with van der Waals surface area (Å²) in [6.45, 7) is 4.28. The van der Waals surface area contributed by atoms with Crippen LogP contribution in [0.15, 0.2) is 42.5 Å². The Kier molecular flexibility index (Phi) is 1.89. The smallest absolute Gasteiger partial charge is 0.123 e. The molecule has 0 saturated heterocycles. The average Bonchev–Trinajstić information content (AvgIpc) is 2.88. The van der Waals surface area contributed by atoms with Crippen molar-refractivity contribution >= 4 is 22.3 Å². The third kappa shape index (κ3) is 1.15. The van der Waals surface area contributed by atoms with Crippen molar-refractivity contribution in [2.75, 3.05) is 0 Å². The van der Waals surface area contributed by atoms with E-state index in [1.807, 2.05) is 6.07 Å². The van der Waals surface area contributed by atoms with Gasteiger partial charge in [-0.1, -0.05) is 36.4 Å². The average molecular weight is 246 g/mol. The Morgan fingerprint density at radius 1 is 0.684 bits per heavy atom. The SMILES string of the molecule is CC1=C2C(=C(C)c3c(O)cccc32)c2ccccc21. The molecule has 2 aliphatic rings. The molecule has 0 heterocycles. The molecule has 1 N–H and O–H groups in total. The molecule has 0 aliphatic heterocycles. The fourth-order valence-electron chi connectivity index (χ4n) is 3.48. The predicted octanol–water partition coefficient (Wildman–Crippen LogP) is 4.58. The van der Waals surface area contributed by atoms with Gasteiger partial charge in [-0.05, 0) is 58.9 Å². The van der Waals surface area contributed by atoms with Gasteiger partial charge in [0.25, 0.3) is 0 Å². The van der Waals surface area contributed by atoms with Crippen molar-refractivity contribution in [2.45, 2.75) is 13.8 Å². The fourth-order valence-corrected chi connectivity index (χ4v) is 3.48. The van der Waals surface area contributed by atoms with E-state index in [1.54, 1.807) is 6.07 Å². The van der Waals surface area contributed by atoms with Crippen molar-refractivity contribution in [2.24, 2.45) is 0 Å². The molecular formula is C18H14O. The third-order valence-electron chi connectivity index (χ3n) is 4.29. The molecule has 0 unspecified atom stereocenters. The lowest BCUT2D eigenvalue weighted by Gasteiger charge is -2.07. The topological polar surface area (TPSA) is 20.2 Å². The van der Waals surface area contributed by atoms with E-state index in [-0.39, 0.29) is 0 Å². The van der Waals surface area contributed by atoms with E-state index < -0.39 is 0 Å². The number of allylic oxidation sites excluding steroid dienone is 4. The molecule has 1 nitrogen and oxygen atoms in total. The Morgan fingerprint density at radius 2 is 1.32 bits per heavy atom.